The second-order valence-corrected chi connectivity index (χ2v) is 4.86. The van der Waals surface area contributed by atoms with Gasteiger partial charge in [-0.2, -0.15) is 0 Å². The van der Waals surface area contributed by atoms with Gasteiger partial charge in [0.15, 0.2) is 0 Å². The van der Waals surface area contributed by atoms with Crippen molar-refractivity contribution in [1.82, 2.24) is 0 Å². The lowest BCUT2D eigenvalue weighted by atomic mass is 10.2. The van der Waals surface area contributed by atoms with Crippen molar-refractivity contribution >= 4 is 11.9 Å². The summed E-state index contributed by atoms with van der Waals surface area (Å²) < 4.78 is 9.98. The zero-order chi connectivity index (χ0) is 13.8. The monoisotopic (exact) mass is 258 g/mol. The third-order valence-corrected chi connectivity index (χ3v) is 2.37. The Morgan fingerprint density at radius 1 is 0.944 bits per heavy atom. The van der Waals surface area contributed by atoms with Gasteiger partial charge in [-0.1, -0.05) is 40.0 Å². The van der Waals surface area contributed by atoms with E-state index in [-0.39, 0.29) is 24.8 Å². The van der Waals surface area contributed by atoms with Gasteiger partial charge in [0.05, 0.1) is 26.1 Å². The molecule has 0 aliphatic heterocycles. The van der Waals surface area contributed by atoms with Crippen LogP contribution in [0.3, 0.4) is 0 Å². The van der Waals surface area contributed by atoms with Gasteiger partial charge in [-0.05, 0) is 12.3 Å². The minimum Gasteiger partial charge on any atom is -0.466 e. The van der Waals surface area contributed by atoms with Gasteiger partial charge in [-0.25, -0.2) is 0 Å². The second kappa shape index (κ2) is 11.1. The first-order chi connectivity index (χ1) is 8.56. The number of unbranched alkanes of at least 4 members (excludes halogenated alkanes) is 3. The van der Waals surface area contributed by atoms with Gasteiger partial charge in [0.1, 0.15) is 0 Å². The fraction of sp³-hybridized carbons (Fsp3) is 0.857. The number of hydrogen-bond acceptors (Lipinski definition) is 4. The highest BCUT2D eigenvalue weighted by atomic mass is 16.5. The van der Waals surface area contributed by atoms with Crippen molar-refractivity contribution < 1.29 is 19.1 Å². The maximum absolute atomic E-state index is 11.3. The molecule has 4 heteroatoms. The average molecular weight is 258 g/mol. The molecule has 0 spiro atoms. The molecule has 0 amide bonds. The topological polar surface area (TPSA) is 52.6 Å². The van der Waals surface area contributed by atoms with E-state index >= 15 is 0 Å². The van der Waals surface area contributed by atoms with Crippen LogP contribution in [0.1, 0.15) is 59.3 Å². The fourth-order valence-corrected chi connectivity index (χ4v) is 1.32. The summed E-state index contributed by atoms with van der Waals surface area (Å²) in [6.07, 6.45) is 4.54. The van der Waals surface area contributed by atoms with E-state index in [1.54, 1.807) is 0 Å². The van der Waals surface area contributed by atoms with Crippen LogP contribution in [-0.4, -0.2) is 25.2 Å². The Kier molecular flexibility index (Phi) is 10.4. The second-order valence-electron chi connectivity index (χ2n) is 4.86. The Morgan fingerprint density at radius 2 is 1.56 bits per heavy atom. The minimum absolute atomic E-state index is 0.112. The number of carbonyl (C=O) groups is 2. The Morgan fingerprint density at radius 3 is 2.11 bits per heavy atom. The largest absolute Gasteiger partial charge is 0.466 e. The van der Waals surface area contributed by atoms with Crippen molar-refractivity contribution in [1.29, 1.82) is 0 Å². The van der Waals surface area contributed by atoms with Crippen LogP contribution in [0.2, 0.25) is 0 Å². The van der Waals surface area contributed by atoms with E-state index in [1.165, 1.54) is 6.42 Å². The molecule has 0 radical (unpaired) electrons. The van der Waals surface area contributed by atoms with Gasteiger partial charge in [0, 0.05) is 0 Å². The van der Waals surface area contributed by atoms with Gasteiger partial charge in [0.25, 0.3) is 0 Å². The number of hydrogen-bond donors (Lipinski definition) is 0. The van der Waals surface area contributed by atoms with Gasteiger partial charge in [-0.3, -0.25) is 9.59 Å². The third kappa shape index (κ3) is 11.4. The molecule has 0 aliphatic rings. The Bertz CT molecular complexity index is 236. The summed E-state index contributed by atoms with van der Waals surface area (Å²) in [5, 5.41) is 0. The zero-order valence-corrected chi connectivity index (χ0v) is 11.9. The molecule has 0 aromatic rings. The maximum atomic E-state index is 11.3. The van der Waals surface area contributed by atoms with Crippen LogP contribution in [0.5, 0.6) is 0 Å². The molecular formula is C14H26O4. The molecule has 0 fully saturated rings. The molecule has 0 N–H and O–H groups in total. The number of esters is 2. The van der Waals surface area contributed by atoms with Crippen molar-refractivity contribution in [2.75, 3.05) is 13.2 Å². The SMILES string of the molecule is CCCCCCOC(=O)CCC(=O)OCC(C)C. The van der Waals surface area contributed by atoms with E-state index in [0.717, 1.165) is 19.3 Å². The minimum atomic E-state index is -0.327. The Labute approximate surface area is 110 Å². The first-order valence-electron chi connectivity index (χ1n) is 6.87. The van der Waals surface area contributed by atoms with E-state index in [0.29, 0.717) is 19.1 Å². The van der Waals surface area contributed by atoms with Crippen LogP contribution in [0, 0.1) is 5.92 Å². The first-order valence-corrected chi connectivity index (χ1v) is 6.87. The van der Waals surface area contributed by atoms with Crippen molar-refractivity contribution in [3.8, 4) is 0 Å². The lowest BCUT2D eigenvalue weighted by Crippen LogP contribution is -2.13. The highest BCUT2D eigenvalue weighted by Crippen LogP contribution is 2.02. The molecule has 18 heavy (non-hydrogen) atoms. The molecule has 0 heterocycles. The molecule has 0 rings (SSSR count). The van der Waals surface area contributed by atoms with Gasteiger partial charge in [0.2, 0.25) is 0 Å². The van der Waals surface area contributed by atoms with E-state index in [2.05, 4.69) is 6.92 Å². The smallest absolute Gasteiger partial charge is 0.306 e. The average Bonchev–Trinajstić information content (AvgIpc) is 2.33. The van der Waals surface area contributed by atoms with Crippen LogP contribution in [0.4, 0.5) is 0 Å². The summed E-state index contributed by atoms with van der Waals surface area (Å²) in [7, 11) is 0. The van der Waals surface area contributed by atoms with E-state index in [1.807, 2.05) is 13.8 Å². The van der Waals surface area contributed by atoms with E-state index in [4.69, 9.17) is 9.47 Å². The van der Waals surface area contributed by atoms with Gasteiger partial charge >= 0.3 is 11.9 Å². The number of rotatable bonds is 10. The predicted molar refractivity (Wildman–Crippen MR) is 70.1 cm³/mol. The van der Waals surface area contributed by atoms with Crippen LogP contribution >= 0.6 is 0 Å². The molecular weight excluding hydrogens is 232 g/mol. The Hall–Kier alpha value is -1.06. The van der Waals surface area contributed by atoms with Crippen LogP contribution in [-0.2, 0) is 19.1 Å². The maximum Gasteiger partial charge on any atom is 0.306 e. The molecule has 0 bridgehead atoms. The lowest BCUT2D eigenvalue weighted by Gasteiger charge is -2.07. The van der Waals surface area contributed by atoms with Crippen molar-refractivity contribution in [2.45, 2.75) is 59.3 Å². The van der Waals surface area contributed by atoms with Gasteiger partial charge < -0.3 is 9.47 Å². The highest BCUT2D eigenvalue weighted by Gasteiger charge is 2.09. The molecule has 106 valence electrons. The summed E-state index contributed by atoms with van der Waals surface area (Å²) in [6.45, 7) is 6.94. The molecule has 0 aliphatic carbocycles. The van der Waals surface area contributed by atoms with Crippen molar-refractivity contribution in [3.05, 3.63) is 0 Å². The number of ether oxygens (including phenoxy) is 2. The summed E-state index contributed by atoms with van der Waals surface area (Å²) in [6, 6.07) is 0. The van der Waals surface area contributed by atoms with Crippen molar-refractivity contribution in [3.63, 3.8) is 0 Å². The predicted octanol–water partition coefficient (Wildman–Crippen LogP) is 3.09. The summed E-state index contributed by atoms with van der Waals surface area (Å²) in [4.78, 5) is 22.5. The molecule has 0 atom stereocenters. The summed E-state index contributed by atoms with van der Waals surface area (Å²) in [5.41, 5.74) is 0. The Balaban J connectivity index is 3.43. The molecule has 0 aromatic heterocycles. The standard InChI is InChI=1S/C14H26O4/c1-4-5-6-7-10-17-13(15)8-9-14(16)18-11-12(2)3/h12H,4-11H2,1-3H3. The molecule has 0 aromatic carbocycles. The lowest BCUT2D eigenvalue weighted by molar-refractivity contribution is -0.151. The summed E-state index contributed by atoms with van der Waals surface area (Å²) >= 11 is 0. The third-order valence-electron chi connectivity index (χ3n) is 2.37. The van der Waals surface area contributed by atoms with Gasteiger partial charge in [-0.15, -0.1) is 0 Å². The summed E-state index contributed by atoms with van der Waals surface area (Å²) in [5.74, 6) is -0.320. The molecule has 4 nitrogen and oxygen atoms in total. The van der Waals surface area contributed by atoms with E-state index < -0.39 is 0 Å². The van der Waals surface area contributed by atoms with Crippen LogP contribution in [0.25, 0.3) is 0 Å². The molecule has 0 saturated carbocycles. The normalized spacial score (nSPS) is 10.4. The fourth-order valence-electron chi connectivity index (χ4n) is 1.32. The first kappa shape index (κ1) is 16.9. The quantitative estimate of drug-likeness (QED) is 0.446. The molecule has 0 unspecified atom stereocenters. The van der Waals surface area contributed by atoms with Crippen molar-refractivity contribution in [2.24, 2.45) is 5.92 Å². The molecule has 0 saturated heterocycles. The van der Waals surface area contributed by atoms with Crippen LogP contribution in [0.15, 0.2) is 0 Å². The zero-order valence-electron chi connectivity index (χ0n) is 11.9. The van der Waals surface area contributed by atoms with E-state index in [9.17, 15) is 9.59 Å². The number of carbonyl (C=O) groups excluding carboxylic acids is 2. The highest BCUT2D eigenvalue weighted by molar-refractivity contribution is 5.77. The van der Waals surface area contributed by atoms with Crippen LogP contribution < -0.4 is 0 Å².